The molecule has 0 unspecified atom stereocenters. The first kappa shape index (κ1) is 27.1. The maximum Gasteiger partial charge on any atom is 0.249 e. The first-order chi connectivity index (χ1) is 18.8. The van der Waals surface area contributed by atoms with Crippen molar-refractivity contribution in [1.82, 2.24) is 20.3 Å². The molecule has 0 fully saturated rings. The highest BCUT2D eigenvalue weighted by Gasteiger charge is 2.25. The number of nitrogens with zero attached hydrogens (tertiary/aromatic N) is 4. The fourth-order valence-electron chi connectivity index (χ4n) is 4.07. The molecule has 0 aliphatic heterocycles. The Morgan fingerprint density at radius 3 is 2.44 bits per heavy atom. The number of hydrogen-bond donors (Lipinski definition) is 2. The molecule has 0 aliphatic rings. The minimum absolute atomic E-state index is 0.122. The van der Waals surface area contributed by atoms with Gasteiger partial charge in [0.2, 0.25) is 17.7 Å². The van der Waals surface area contributed by atoms with E-state index in [1.54, 1.807) is 62.8 Å². The predicted molar refractivity (Wildman–Crippen MR) is 148 cm³/mol. The monoisotopic (exact) mass is 526 g/mol. The summed E-state index contributed by atoms with van der Waals surface area (Å²) in [6.45, 7) is 1.31. The summed E-state index contributed by atoms with van der Waals surface area (Å²) in [4.78, 5) is 39.4. The Labute approximate surface area is 226 Å². The summed E-state index contributed by atoms with van der Waals surface area (Å²) < 4.78 is 6.62. The van der Waals surface area contributed by atoms with E-state index in [0.717, 1.165) is 11.1 Å². The van der Waals surface area contributed by atoms with E-state index in [9.17, 15) is 14.4 Å². The van der Waals surface area contributed by atoms with E-state index in [-0.39, 0.29) is 24.3 Å². The normalized spacial score (nSPS) is 11.4. The number of ether oxygens (including phenoxy) is 1. The molecule has 3 amide bonds. The van der Waals surface area contributed by atoms with Crippen molar-refractivity contribution in [2.45, 2.75) is 25.9 Å². The fourth-order valence-corrected chi connectivity index (χ4v) is 4.07. The zero-order chi connectivity index (χ0) is 27.8. The van der Waals surface area contributed by atoms with Gasteiger partial charge in [-0.3, -0.25) is 14.4 Å². The third-order valence-corrected chi connectivity index (χ3v) is 6.03. The zero-order valence-corrected chi connectivity index (χ0v) is 22.0. The molecule has 0 radical (unpaired) electrons. The van der Waals surface area contributed by atoms with Crippen molar-refractivity contribution in [3.05, 3.63) is 90.6 Å². The molecular formula is C29H30N6O4. The lowest BCUT2D eigenvalue weighted by Crippen LogP contribution is -2.49. The molecule has 2 N–H and O–H groups in total. The second-order valence-electron chi connectivity index (χ2n) is 8.97. The van der Waals surface area contributed by atoms with Crippen LogP contribution in [-0.2, 0) is 27.3 Å². The second kappa shape index (κ2) is 12.5. The first-order valence-electron chi connectivity index (χ1n) is 12.4. The molecule has 0 saturated heterocycles. The van der Waals surface area contributed by atoms with Crippen LogP contribution in [0.5, 0.6) is 5.75 Å². The van der Waals surface area contributed by atoms with Crippen LogP contribution in [0.25, 0.3) is 11.3 Å². The molecule has 200 valence electrons. The van der Waals surface area contributed by atoms with Gasteiger partial charge in [-0.1, -0.05) is 47.7 Å². The van der Waals surface area contributed by atoms with Crippen LogP contribution in [0.2, 0.25) is 0 Å². The van der Waals surface area contributed by atoms with Crippen LogP contribution in [0.1, 0.15) is 12.5 Å². The standard InChI is InChI=1S/C29H30N6O4/c1-20(36)30-23-11-7-10-22(17-23)27-18-35(33-32-27)19-28(37)31-26(16-21-8-5-4-6-9-21)29(38)34(2)24-12-14-25(39-3)15-13-24/h4-15,17-18,26H,16,19H2,1-3H3,(H,30,36)(H,31,37)/t26-/m0/s1. The van der Waals surface area contributed by atoms with Crippen LogP contribution in [-0.4, -0.2) is 52.9 Å². The highest BCUT2D eigenvalue weighted by atomic mass is 16.5. The lowest BCUT2D eigenvalue weighted by molar-refractivity contribution is -0.127. The molecule has 39 heavy (non-hydrogen) atoms. The van der Waals surface area contributed by atoms with Crippen molar-refractivity contribution in [3.63, 3.8) is 0 Å². The van der Waals surface area contributed by atoms with Gasteiger partial charge < -0.3 is 20.3 Å². The number of nitrogens with one attached hydrogen (secondary N) is 2. The van der Waals surface area contributed by atoms with Gasteiger partial charge in [0.25, 0.3) is 0 Å². The Hall–Kier alpha value is -4.99. The second-order valence-corrected chi connectivity index (χ2v) is 8.97. The van der Waals surface area contributed by atoms with Gasteiger partial charge in [-0.25, -0.2) is 4.68 Å². The Balaban J connectivity index is 1.47. The molecule has 4 rings (SSSR count). The third-order valence-electron chi connectivity index (χ3n) is 6.03. The molecule has 0 aliphatic carbocycles. The van der Waals surface area contributed by atoms with Crippen LogP contribution in [0.4, 0.5) is 11.4 Å². The van der Waals surface area contributed by atoms with Gasteiger partial charge in [-0.05, 0) is 42.0 Å². The van der Waals surface area contributed by atoms with Crippen LogP contribution < -0.4 is 20.3 Å². The van der Waals surface area contributed by atoms with Crippen LogP contribution >= 0.6 is 0 Å². The lowest BCUT2D eigenvalue weighted by Gasteiger charge is -2.25. The van der Waals surface area contributed by atoms with Gasteiger partial charge >= 0.3 is 0 Å². The SMILES string of the molecule is COc1ccc(N(C)C(=O)[C@H](Cc2ccccc2)NC(=O)Cn2cc(-c3cccc(NC(C)=O)c3)nn2)cc1. The van der Waals surface area contributed by atoms with Crippen LogP contribution in [0.3, 0.4) is 0 Å². The van der Waals surface area contributed by atoms with Gasteiger partial charge in [0, 0.05) is 37.3 Å². The fraction of sp³-hybridized carbons (Fsp3) is 0.207. The average molecular weight is 527 g/mol. The van der Waals surface area contributed by atoms with E-state index in [4.69, 9.17) is 4.74 Å². The Bertz CT molecular complexity index is 1440. The van der Waals surface area contributed by atoms with E-state index in [0.29, 0.717) is 29.2 Å². The topological polar surface area (TPSA) is 118 Å². The molecule has 10 nitrogen and oxygen atoms in total. The van der Waals surface area contributed by atoms with E-state index < -0.39 is 6.04 Å². The zero-order valence-electron chi connectivity index (χ0n) is 22.0. The van der Waals surface area contributed by atoms with Gasteiger partial charge in [0.15, 0.2) is 0 Å². The van der Waals surface area contributed by atoms with Crippen molar-refractivity contribution >= 4 is 29.1 Å². The Kier molecular flexibility index (Phi) is 8.67. The maximum atomic E-state index is 13.5. The van der Waals surface area contributed by atoms with Crippen molar-refractivity contribution in [3.8, 4) is 17.0 Å². The largest absolute Gasteiger partial charge is 0.497 e. The first-order valence-corrected chi connectivity index (χ1v) is 12.4. The maximum absolute atomic E-state index is 13.5. The molecule has 4 aromatic rings. The minimum atomic E-state index is -0.802. The summed E-state index contributed by atoms with van der Waals surface area (Å²) >= 11 is 0. The van der Waals surface area contributed by atoms with E-state index in [1.165, 1.54) is 16.5 Å². The molecule has 0 saturated carbocycles. The number of hydrogen-bond acceptors (Lipinski definition) is 6. The van der Waals surface area contributed by atoms with Crippen molar-refractivity contribution in [2.75, 3.05) is 24.4 Å². The van der Waals surface area contributed by atoms with Crippen molar-refractivity contribution in [1.29, 1.82) is 0 Å². The van der Waals surface area contributed by atoms with Gasteiger partial charge in [-0.15, -0.1) is 5.10 Å². The number of carbonyl (C=O) groups is 3. The number of amides is 3. The quantitative estimate of drug-likeness (QED) is 0.327. The summed E-state index contributed by atoms with van der Waals surface area (Å²) in [6, 6.07) is 23.0. The number of carbonyl (C=O) groups excluding carboxylic acids is 3. The smallest absolute Gasteiger partial charge is 0.249 e. The number of anilines is 2. The molecule has 1 aromatic heterocycles. The summed E-state index contributed by atoms with van der Waals surface area (Å²) in [6.07, 6.45) is 1.97. The minimum Gasteiger partial charge on any atom is -0.497 e. The number of aromatic nitrogens is 3. The summed E-state index contributed by atoms with van der Waals surface area (Å²) in [5.41, 5.74) is 3.52. The van der Waals surface area contributed by atoms with Crippen molar-refractivity contribution < 1.29 is 19.1 Å². The molecule has 10 heteroatoms. The number of likely N-dealkylation sites (N-methyl/N-ethyl adjacent to an activating group) is 1. The van der Waals surface area contributed by atoms with E-state index >= 15 is 0 Å². The molecule has 1 atom stereocenters. The Morgan fingerprint density at radius 1 is 1.00 bits per heavy atom. The van der Waals surface area contributed by atoms with Gasteiger partial charge in [0.1, 0.15) is 24.0 Å². The van der Waals surface area contributed by atoms with E-state index in [1.807, 2.05) is 36.4 Å². The van der Waals surface area contributed by atoms with Crippen LogP contribution in [0.15, 0.2) is 85.1 Å². The molecule has 1 heterocycles. The predicted octanol–water partition coefficient (Wildman–Crippen LogP) is 3.30. The Morgan fingerprint density at radius 2 is 1.74 bits per heavy atom. The highest BCUT2D eigenvalue weighted by Crippen LogP contribution is 2.21. The summed E-state index contributed by atoms with van der Waals surface area (Å²) in [7, 11) is 3.25. The van der Waals surface area contributed by atoms with Crippen LogP contribution in [0, 0.1) is 0 Å². The highest BCUT2D eigenvalue weighted by molar-refractivity contribution is 5.99. The molecular weight excluding hydrogens is 496 g/mol. The third kappa shape index (κ3) is 7.29. The molecule has 3 aromatic carbocycles. The molecule has 0 bridgehead atoms. The van der Waals surface area contributed by atoms with E-state index in [2.05, 4.69) is 20.9 Å². The lowest BCUT2D eigenvalue weighted by atomic mass is 10.0. The average Bonchev–Trinajstić information content (AvgIpc) is 3.40. The van der Waals surface area contributed by atoms with Gasteiger partial charge in [0.05, 0.1) is 13.3 Å². The summed E-state index contributed by atoms with van der Waals surface area (Å²) in [5.74, 6) is -0.130. The molecule has 0 spiro atoms. The number of methoxy groups -OCH3 is 1. The summed E-state index contributed by atoms with van der Waals surface area (Å²) in [5, 5.41) is 13.8. The van der Waals surface area contributed by atoms with Crippen molar-refractivity contribution in [2.24, 2.45) is 0 Å². The number of benzene rings is 3. The number of rotatable bonds is 10. The van der Waals surface area contributed by atoms with Gasteiger partial charge in [-0.2, -0.15) is 0 Å².